The van der Waals surface area contributed by atoms with Gasteiger partial charge in [-0.3, -0.25) is 0 Å². The van der Waals surface area contributed by atoms with E-state index in [9.17, 15) is 25.3 Å². The zero-order valence-electron chi connectivity index (χ0n) is 23.9. The van der Waals surface area contributed by atoms with Gasteiger partial charge in [-0.15, -0.1) is 0 Å². The van der Waals surface area contributed by atoms with E-state index >= 15 is 0 Å². The van der Waals surface area contributed by atoms with E-state index in [1.807, 2.05) is 0 Å². The van der Waals surface area contributed by atoms with Crippen LogP contribution in [0.3, 0.4) is 0 Å². The first-order valence-electron chi connectivity index (χ1n) is 12.3. The molecule has 0 heterocycles. The fourth-order valence-corrected chi connectivity index (χ4v) is 12.8. The van der Waals surface area contributed by atoms with Crippen LogP contribution >= 0.6 is 0 Å². The molecular weight excluding hydrogens is 591 g/mol. The minimum atomic E-state index is -4.72. The van der Waals surface area contributed by atoms with Gasteiger partial charge in [-0.1, -0.05) is 53.1 Å². The smallest absolute Gasteiger partial charge is 0.338 e. The summed E-state index contributed by atoms with van der Waals surface area (Å²) in [5, 5.41) is 0. The number of benzene rings is 3. The minimum absolute atomic E-state index is 0.219. The van der Waals surface area contributed by atoms with E-state index in [0.717, 1.165) is 16.7 Å². The molecule has 0 radical (unpaired) electrons. The molecule has 0 unspecified atom stereocenters. The molecule has 0 fully saturated rings. The monoisotopic (exact) mass is 624 g/mol. The second-order valence-corrected chi connectivity index (χ2v) is 17.0. The van der Waals surface area contributed by atoms with Gasteiger partial charge in [-0.05, 0) is 95.7 Å². The molecule has 3 aromatic rings. The second kappa shape index (κ2) is 11.7. The molecule has 0 atom stereocenters. The summed E-state index contributed by atoms with van der Waals surface area (Å²) < 4.78 is 96.5. The van der Waals surface area contributed by atoms with Crippen molar-refractivity contribution >= 4 is 45.5 Å². The van der Waals surface area contributed by atoms with E-state index in [1.54, 1.807) is 98.7 Å². The van der Waals surface area contributed by atoms with Crippen molar-refractivity contribution in [2.75, 3.05) is 0 Å². The lowest BCUT2D eigenvalue weighted by atomic mass is 10.1. The van der Waals surface area contributed by atoms with Gasteiger partial charge in [0.15, 0.2) is 0 Å². The molecule has 0 bridgehead atoms. The summed E-state index contributed by atoms with van der Waals surface area (Å²) in [6.07, 6.45) is 0. The molecule has 3 rings (SSSR count). The molecule has 0 aromatic heterocycles. The summed E-state index contributed by atoms with van der Waals surface area (Å²) in [6, 6.07) is 9.71. The van der Waals surface area contributed by atoms with E-state index < -0.39 is 45.5 Å². The Bertz CT molecular complexity index is 1530. The molecule has 216 valence electrons. The Morgan fingerprint density at radius 1 is 0.400 bits per heavy atom. The summed E-state index contributed by atoms with van der Waals surface area (Å²) in [5.41, 5.74) is 4.44. The van der Waals surface area contributed by atoms with Gasteiger partial charge in [0.25, 0.3) is 30.4 Å². The molecule has 0 aliphatic rings. The molecule has 9 nitrogen and oxygen atoms in total. The SMILES string of the molecule is Cc1cc(C)c(S(=O)(=O)[O][Al]([O]S(=O)(=O)c2c(C)cc(C)cc2C)[O]S(=O)(=O)c2c(C)cc(C)cc2C)c(C)c1. The quantitative estimate of drug-likeness (QED) is 0.303. The standard InChI is InChI=1S/3C9H12O3S.Al/c3*1-6-4-7(2)9(8(3)5-6)13(10,11)12;/h3*4-5H,1-3H3,(H,10,11,12);/q;;;+3/p-3. The Morgan fingerprint density at radius 2 is 0.575 bits per heavy atom. The van der Waals surface area contributed by atoms with Crippen molar-refractivity contribution in [3.63, 3.8) is 0 Å². The topological polar surface area (TPSA) is 130 Å². The third kappa shape index (κ3) is 7.03. The van der Waals surface area contributed by atoms with Crippen molar-refractivity contribution in [1.29, 1.82) is 0 Å². The lowest BCUT2D eigenvalue weighted by Crippen LogP contribution is -2.36. The summed E-state index contributed by atoms with van der Waals surface area (Å²) >= 11 is -4.54. The highest BCUT2D eigenvalue weighted by atomic mass is 32.2. The van der Waals surface area contributed by atoms with Crippen molar-refractivity contribution in [2.45, 2.75) is 77.0 Å². The molecule has 0 spiro atoms. The molecular formula is C27H33AlO9S3. The van der Waals surface area contributed by atoms with Crippen LogP contribution in [0.4, 0.5) is 0 Å². The molecule has 0 aliphatic carbocycles. The van der Waals surface area contributed by atoms with E-state index in [-0.39, 0.29) is 14.7 Å². The summed E-state index contributed by atoms with van der Waals surface area (Å²) in [6.45, 7) is 14.7. The van der Waals surface area contributed by atoms with Crippen LogP contribution in [-0.2, 0) is 40.1 Å². The summed E-state index contributed by atoms with van der Waals surface area (Å²) in [7, 11) is -14.2. The molecule has 0 saturated heterocycles. The number of hydrogen-bond donors (Lipinski definition) is 0. The molecule has 0 saturated carbocycles. The Labute approximate surface area is 242 Å². The van der Waals surface area contributed by atoms with Crippen molar-refractivity contribution in [3.05, 3.63) is 86.5 Å². The van der Waals surface area contributed by atoms with Gasteiger partial charge in [-0.25, -0.2) is 0 Å². The van der Waals surface area contributed by atoms with Crippen molar-refractivity contribution < 1.29 is 35.0 Å². The molecule has 0 aliphatic heterocycles. The molecule has 3 aromatic carbocycles. The van der Waals surface area contributed by atoms with Gasteiger partial charge in [0.1, 0.15) is 0 Å². The highest BCUT2D eigenvalue weighted by Crippen LogP contribution is 2.30. The lowest BCUT2D eigenvalue weighted by Gasteiger charge is -2.19. The van der Waals surface area contributed by atoms with E-state index in [4.69, 9.17) is 9.70 Å². The van der Waals surface area contributed by atoms with E-state index in [0.29, 0.717) is 33.4 Å². The van der Waals surface area contributed by atoms with Crippen molar-refractivity contribution in [3.8, 4) is 0 Å². The maximum absolute atomic E-state index is 13.5. The fourth-order valence-electron chi connectivity index (χ4n) is 5.19. The summed E-state index contributed by atoms with van der Waals surface area (Å²) in [4.78, 5) is -0.658. The number of hydrogen-bond acceptors (Lipinski definition) is 9. The number of aryl methyl sites for hydroxylation is 9. The van der Waals surface area contributed by atoms with Crippen LogP contribution in [-0.4, -0.2) is 40.4 Å². The Kier molecular flexibility index (Phi) is 9.46. The van der Waals surface area contributed by atoms with Crippen LogP contribution in [0.1, 0.15) is 50.1 Å². The van der Waals surface area contributed by atoms with Gasteiger partial charge >= 0.3 is 15.1 Å². The normalized spacial score (nSPS) is 12.5. The van der Waals surface area contributed by atoms with Gasteiger partial charge in [0, 0.05) is 0 Å². The highest BCUT2D eigenvalue weighted by molar-refractivity contribution is 7.90. The van der Waals surface area contributed by atoms with Crippen molar-refractivity contribution in [2.24, 2.45) is 0 Å². The Hall–Kier alpha value is -2.08. The first-order chi connectivity index (χ1) is 18.2. The zero-order valence-corrected chi connectivity index (χ0v) is 27.5. The van der Waals surface area contributed by atoms with Crippen LogP contribution in [0.2, 0.25) is 0 Å². The maximum atomic E-state index is 13.5. The second-order valence-electron chi connectivity index (χ2n) is 10.1. The Morgan fingerprint density at radius 3 is 0.750 bits per heavy atom. The minimum Gasteiger partial charge on any atom is -0.338 e. The maximum Gasteiger partial charge on any atom is 0.952 e. The van der Waals surface area contributed by atoms with Crippen LogP contribution in [0.15, 0.2) is 51.1 Å². The average Bonchev–Trinajstić information content (AvgIpc) is 2.69. The molecule has 13 heteroatoms. The van der Waals surface area contributed by atoms with Crippen LogP contribution < -0.4 is 0 Å². The van der Waals surface area contributed by atoms with Gasteiger partial charge in [0.05, 0.1) is 14.7 Å². The fraction of sp³-hybridized carbons (Fsp3) is 0.333. The zero-order chi connectivity index (χ0) is 30.4. The summed E-state index contributed by atoms with van der Waals surface area (Å²) in [5.74, 6) is 0. The molecule has 0 N–H and O–H groups in total. The highest BCUT2D eigenvalue weighted by Gasteiger charge is 2.48. The third-order valence-electron chi connectivity index (χ3n) is 6.18. The predicted molar refractivity (Wildman–Crippen MR) is 153 cm³/mol. The lowest BCUT2D eigenvalue weighted by molar-refractivity contribution is 0.311. The van der Waals surface area contributed by atoms with Crippen LogP contribution in [0, 0.1) is 62.3 Å². The van der Waals surface area contributed by atoms with Crippen molar-refractivity contribution in [1.82, 2.24) is 0 Å². The molecule has 40 heavy (non-hydrogen) atoms. The number of rotatable bonds is 9. The first kappa shape index (κ1) is 32.4. The van der Waals surface area contributed by atoms with E-state index in [2.05, 4.69) is 0 Å². The van der Waals surface area contributed by atoms with Crippen LogP contribution in [0.5, 0.6) is 0 Å². The van der Waals surface area contributed by atoms with Gasteiger partial charge in [0.2, 0.25) is 0 Å². The largest absolute Gasteiger partial charge is 0.952 e. The molecule has 0 amide bonds. The predicted octanol–water partition coefficient (Wildman–Crippen LogP) is 4.96. The van der Waals surface area contributed by atoms with Crippen LogP contribution in [0.25, 0.3) is 0 Å². The first-order valence-corrected chi connectivity index (χ1v) is 17.9. The third-order valence-corrected chi connectivity index (χ3v) is 14.5. The average molecular weight is 625 g/mol. The Balaban J connectivity index is 2.16. The van der Waals surface area contributed by atoms with Gasteiger partial charge < -0.3 is 9.70 Å². The van der Waals surface area contributed by atoms with E-state index in [1.165, 1.54) is 0 Å². The van der Waals surface area contributed by atoms with Gasteiger partial charge in [-0.2, -0.15) is 25.3 Å².